The molecular weight excluding hydrogens is 483 g/mol. The first kappa shape index (κ1) is 25.5. The molecule has 1 saturated heterocycles. The van der Waals surface area contributed by atoms with Crippen molar-refractivity contribution in [3.8, 4) is 5.75 Å². The molecule has 29 heavy (non-hydrogen) atoms. The summed E-state index contributed by atoms with van der Waals surface area (Å²) in [6, 6.07) is 7.84. The molecule has 8 heteroatoms. The lowest BCUT2D eigenvalue weighted by atomic mass is 10.1. The van der Waals surface area contributed by atoms with Crippen LogP contribution in [-0.2, 0) is 16.1 Å². The van der Waals surface area contributed by atoms with Gasteiger partial charge in [-0.25, -0.2) is 4.99 Å². The number of carbonyl (C=O) groups is 1. The fraction of sp³-hybridized carbons (Fsp3) is 0.619. The first-order valence-electron chi connectivity index (χ1n) is 10.2. The van der Waals surface area contributed by atoms with Crippen LogP contribution in [0.2, 0.25) is 0 Å². The van der Waals surface area contributed by atoms with Gasteiger partial charge in [-0.3, -0.25) is 4.79 Å². The van der Waals surface area contributed by atoms with Gasteiger partial charge in [-0.2, -0.15) is 0 Å². The van der Waals surface area contributed by atoms with E-state index in [9.17, 15) is 4.79 Å². The van der Waals surface area contributed by atoms with Crippen molar-refractivity contribution in [3.63, 3.8) is 0 Å². The van der Waals surface area contributed by atoms with E-state index in [-0.39, 0.29) is 36.4 Å². The van der Waals surface area contributed by atoms with Crippen LogP contribution in [0.25, 0.3) is 0 Å². The van der Waals surface area contributed by atoms with Crippen molar-refractivity contribution >= 4 is 35.8 Å². The van der Waals surface area contributed by atoms with Crippen molar-refractivity contribution in [1.82, 2.24) is 15.5 Å². The third-order valence-corrected chi connectivity index (χ3v) is 4.66. The molecule has 2 rings (SSSR count). The Bertz CT molecular complexity index is 604. The molecule has 7 nitrogen and oxygen atoms in total. The summed E-state index contributed by atoms with van der Waals surface area (Å²) in [5.74, 6) is 1.61. The zero-order valence-electron chi connectivity index (χ0n) is 17.6. The largest absolute Gasteiger partial charge is 0.497 e. The number of nitrogens with zero attached hydrogens (tertiary/aromatic N) is 2. The van der Waals surface area contributed by atoms with Crippen LogP contribution in [0.1, 0.15) is 38.2 Å². The average Bonchev–Trinajstić information content (AvgIpc) is 2.75. The number of guanidine groups is 1. The van der Waals surface area contributed by atoms with Gasteiger partial charge in [0.2, 0.25) is 5.91 Å². The van der Waals surface area contributed by atoms with Gasteiger partial charge < -0.3 is 25.0 Å². The van der Waals surface area contributed by atoms with E-state index < -0.39 is 0 Å². The molecule has 0 aliphatic carbocycles. The predicted molar refractivity (Wildman–Crippen MR) is 127 cm³/mol. The number of rotatable bonds is 10. The number of halogens is 1. The highest BCUT2D eigenvalue weighted by Crippen LogP contribution is 2.12. The van der Waals surface area contributed by atoms with E-state index >= 15 is 0 Å². The first-order valence-corrected chi connectivity index (χ1v) is 10.2. The number of aliphatic imine (C=N–C) groups is 1. The Morgan fingerprint density at radius 1 is 1.14 bits per heavy atom. The number of piperidine rings is 1. The second-order valence-corrected chi connectivity index (χ2v) is 6.79. The summed E-state index contributed by atoms with van der Waals surface area (Å²) in [6.45, 7) is 6.68. The lowest BCUT2D eigenvalue weighted by Gasteiger charge is -2.27. The van der Waals surface area contributed by atoms with Gasteiger partial charge in [0.05, 0.1) is 20.2 Å². The molecule has 0 radical (unpaired) electrons. The standard InChI is InChI=1S/C21H34N4O3.HI/c1-3-28-15-7-12-22-21(23-16-18-8-10-19(27-2)11-9-18)24-17-20(26)25-13-5-4-6-14-25;/h8-11H,3-7,12-17H2,1-2H3,(H2,22,23,24);1H. The van der Waals surface area contributed by atoms with Gasteiger partial charge in [0, 0.05) is 32.8 Å². The lowest BCUT2D eigenvalue weighted by Crippen LogP contribution is -2.46. The molecule has 0 spiro atoms. The number of carbonyl (C=O) groups excluding carboxylic acids is 1. The zero-order chi connectivity index (χ0) is 20.0. The maximum Gasteiger partial charge on any atom is 0.241 e. The van der Waals surface area contributed by atoms with Crippen molar-refractivity contribution in [1.29, 1.82) is 0 Å². The van der Waals surface area contributed by atoms with Crippen LogP contribution in [0.5, 0.6) is 5.75 Å². The first-order chi connectivity index (χ1) is 13.7. The Morgan fingerprint density at radius 2 is 1.86 bits per heavy atom. The van der Waals surface area contributed by atoms with Crippen LogP contribution in [0.15, 0.2) is 29.3 Å². The second kappa shape index (κ2) is 15.3. The molecule has 0 aromatic heterocycles. The summed E-state index contributed by atoms with van der Waals surface area (Å²) in [6.07, 6.45) is 4.30. The summed E-state index contributed by atoms with van der Waals surface area (Å²) in [5.41, 5.74) is 1.08. The van der Waals surface area contributed by atoms with E-state index in [0.29, 0.717) is 19.1 Å². The molecule has 1 aliphatic rings. The quantitative estimate of drug-likeness (QED) is 0.216. The minimum Gasteiger partial charge on any atom is -0.497 e. The molecule has 0 unspecified atom stereocenters. The molecule has 1 amide bonds. The molecule has 1 heterocycles. The van der Waals surface area contributed by atoms with Crippen LogP contribution in [0.4, 0.5) is 0 Å². The van der Waals surface area contributed by atoms with E-state index in [1.165, 1.54) is 6.42 Å². The summed E-state index contributed by atoms with van der Waals surface area (Å²) in [5, 5.41) is 6.48. The monoisotopic (exact) mass is 518 g/mol. The van der Waals surface area contributed by atoms with Crippen LogP contribution in [-0.4, -0.2) is 63.3 Å². The van der Waals surface area contributed by atoms with Crippen molar-refractivity contribution in [2.75, 3.05) is 46.5 Å². The maximum absolute atomic E-state index is 12.4. The molecular formula is C21H35IN4O3. The molecule has 164 valence electrons. The van der Waals surface area contributed by atoms with E-state index in [1.807, 2.05) is 36.1 Å². The summed E-state index contributed by atoms with van der Waals surface area (Å²) in [4.78, 5) is 19.0. The Morgan fingerprint density at radius 3 is 2.52 bits per heavy atom. The summed E-state index contributed by atoms with van der Waals surface area (Å²) in [7, 11) is 1.65. The molecule has 0 saturated carbocycles. The molecule has 2 N–H and O–H groups in total. The number of benzene rings is 1. The Labute approximate surface area is 191 Å². The number of nitrogens with one attached hydrogen (secondary N) is 2. The summed E-state index contributed by atoms with van der Waals surface area (Å²) >= 11 is 0. The number of methoxy groups -OCH3 is 1. The average molecular weight is 518 g/mol. The minimum absolute atomic E-state index is 0. The van der Waals surface area contributed by atoms with Crippen LogP contribution >= 0.6 is 24.0 Å². The van der Waals surface area contributed by atoms with Gasteiger partial charge in [0.15, 0.2) is 5.96 Å². The topological polar surface area (TPSA) is 75.2 Å². The number of likely N-dealkylation sites (tertiary alicyclic amines) is 1. The Hall–Kier alpha value is -1.55. The Kier molecular flexibility index (Phi) is 13.5. The van der Waals surface area contributed by atoms with Crippen molar-refractivity contribution in [2.24, 2.45) is 4.99 Å². The van der Waals surface area contributed by atoms with E-state index in [4.69, 9.17) is 9.47 Å². The van der Waals surface area contributed by atoms with Crippen molar-refractivity contribution in [3.05, 3.63) is 29.8 Å². The molecule has 1 aromatic carbocycles. The highest BCUT2D eigenvalue weighted by molar-refractivity contribution is 14.0. The number of hydrogen-bond acceptors (Lipinski definition) is 4. The van der Waals surface area contributed by atoms with Crippen LogP contribution in [0.3, 0.4) is 0 Å². The highest BCUT2D eigenvalue weighted by atomic mass is 127. The normalized spacial score (nSPS) is 14.1. The fourth-order valence-corrected chi connectivity index (χ4v) is 3.02. The molecule has 0 atom stereocenters. The van der Waals surface area contributed by atoms with Gasteiger partial charge in [0.25, 0.3) is 0 Å². The lowest BCUT2D eigenvalue weighted by molar-refractivity contribution is -0.130. The molecule has 1 fully saturated rings. The molecule has 1 aliphatic heterocycles. The third-order valence-electron chi connectivity index (χ3n) is 4.66. The van der Waals surface area contributed by atoms with E-state index in [1.54, 1.807) is 7.11 Å². The van der Waals surface area contributed by atoms with Crippen molar-refractivity contribution in [2.45, 2.75) is 39.2 Å². The maximum atomic E-state index is 12.4. The smallest absolute Gasteiger partial charge is 0.241 e. The second-order valence-electron chi connectivity index (χ2n) is 6.79. The van der Waals surface area contributed by atoms with Crippen LogP contribution in [0, 0.1) is 0 Å². The van der Waals surface area contributed by atoms with Gasteiger partial charge in [-0.1, -0.05) is 12.1 Å². The van der Waals surface area contributed by atoms with E-state index in [2.05, 4.69) is 15.6 Å². The Balaban J connectivity index is 0.00000420. The summed E-state index contributed by atoms with van der Waals surface area (Å²) < 4.78 is 10.6. The SMILES string of the molecule is CCOCCCNC(=NCc1ccc(OC)cc1)NCC(=O)N1CCCCC1.I. The van der Waals surface area contributed by atoms with Gasteiger partial charge in [-0.15, -0.1) is 24.0 Å². The highest BCUT2D eigenvalue weighted by Gasteiger charge is 2.16. The van der Waals surface area contributed by atoms with Gasteiger partial charge >= 0.3 is 0 Å². The fourth-order valence-electron chi connectivity index (χ4n) is 3.02. The number of ether oxygens (including phenoxy) is 2. The zero-order valence-corrected chi connectivity index (χ0v) is 19.9. The van der Waals surface area contributed by atoms with Gasteiger partial charge in [-0.05, 0) is 50.3 Å². The predicted octanol–water partition coefficient (Wildman–Crippen LogP) is 2.79. The number of hydrogen-bond donors (Lipinski definition) is 2. The van der Waals surface area contributed by atoms with E-state index in [0.717, 1.165) is 56.8 Å². The number of amides is 1. The van der Waals surface area contributed by atoms with Gasteiger partial charge in [0.1, 0.15) is 5.75 Å². The van der Waals surface area contributed by atoms with Crippen molar-refractivity contribution < 1.29 is 14.3 Å². The third kappa shape index (κ3) is 10.2. The minimum atomic E-state index is 0. The van der Waals surface area contributed by atoms with Crippen LogP contribution < -0.4 is 15.4 Å². The molecule has 1 aromatic rings. The molecule has 0 bridgehead atoms.